The highest BCUT2D eigenvalue weighted by Crippen LogP contribution is 2.21. The Kier molecular flexibility index (Phi) is 11.5. The van der Waals surface area contributed by atoms with Gasteiger partial charge in [-0.05, 0) is 55.3 Å². The van der Waals surface area contributed by atoms with Gasteiger partial charge in [0.2, 0.25) is 0 Å². The number of pyridine rings is 1. The second-order valence-corrected chi connectivity index (χ2v) is 10.0. The maximum atomic E-state index is 13.9. The van der Waals surface area contributed by atoms with Gasteiger partial charge in [0.1, 0.15) is 11.6 Å². The summed E-state index contributed by atoms with van der Waals surface area (Å²) in [5, 5.41) is 5.06. The fourth-order valence-corrected chi connectivity index (χ4v) is 4.75. The summed E-state index contributed by atoms with van der Waals surface area (Å²) >= 11 is 0. The molecule has 2 heterocycles. The van der Waals surface area contributed by atoms with Gasteiger partial charge in [0.25, 0.3) is 0 Å². The zero-order valence-corrected chi connectivity index (χ0v) is 24.3. The van der Waals surface area contributed by atoms with Gasteiger partial charge in [-0.3, -0.25) is 14.8 Å². The summed E-state index contributed by atoms with van der Waals surface area (Å²) in [5.41, 5.74) is 4.19. The van der Waals surface area contributed by atoms with E-state index in [4.69, 9.17) is 0 Å². The van der Waals surface area contributed by atoms with Crippen molar-refractivity contribution in [1.82, 2.24) is 15.2 Å². The molecule has 4 rings (SSSR count). The van der Waals surface area contributed by atoms with E-state index in [-0.39, 0.29) is 33.1 Å². The Balaban J connectivity index is 0.00000216. The van der Waals surface area contributed by atoms with Crippen LogP contribution in [0.25, 0.3) is 10.8 Å². The third-order valence-electron chi connectivity index (χ3n) is 7.14. The molecule has 1 atom stereocenters. The molecule has 0 bridgehead atoms. The van der Waals surface area contributed by atoms with E-state index in [1.54, 1.807) is 24.9 Å². The van der Waals surface area contributed by atoms with Crippen LogP contribution in [0, 0.1) is 19.7 Å². The van der Waals surface area contributed by atoms with Crippen molar-refractivity contribution in [2.75, 3.05) is 7.05 Å². The third kappa shape index (κ3) is 8.57. The molecule has 1 aliphatic heterocycles. The fourth-order valence-electron chi connectivity index (χ4n) is 4.75. The molecule has 6 nitrogen and oxygen atoms in total. The summed E-state index contributed by atoms with van der Waals surface area (Å²) in [6.45, 7) is 8.00. The van der Waals surface area contributed by atoms with Crippen molar-refractivity contribution in [2.45, 2.75) is 78.8 Å². The quantitative estimate of drug-likeness (QED) is 0.266. The van der Waals surface area contributed by atoms with Crippen LogP contribution in [0.1, 0.15) is 71.2 Å². The number of aliphatic imine (C=N–C) groups is 1. The van der Waals surface area contributed by atoms with E-state index >= 15 is 0 Å². The average Bonchev–Trinajstić information content (AvgIpc) is 3.47. The number of carbonyl (C=O) groups is 2. The van der Waals surface area contributed by atoms with E-state index < -0.39 is 0 Å². The maximum absolute atomic E-state index is 13.9. The van der Waals surface area contributed by atoms with E-state index in [2.05, 4.69) is 33.5 Å². The van der Waals surface area contributed by atoms with Crippen molar-refractivity contribution >= 4 is 28.8 Å². The number of fused-ring (bicyclic) bond motifs is 1. The molecule has 0 aliphatic carbocycles. The Labute approximate surface area is 240 Å². The minimum Gasteiger partial charge on any atom is -0.334 e. The predicted octanol–water partition coefficient (Wildman–Crippen LogP) is 7.75. The molecule has 2 amide bonds. The highest BCUT2D eigenvalue weighted by molar-refractivity contribution is 5.85. The van der Waals surface area contributed by atoms with E-state index in [0.717, 1.165) is 34.1 Å². The number of nitrogens with one attached hydrogen (secondary N) is 1. The largest absolute Gasteiger partial charge is 0.334 e. The number of allylic oxidation sites excluding steroid dienone is 1. The molecule has 0 radical (unpaired) electrons. The molecule has 2 aromatic carbocycles. The van der Waals surface area contributed by atoms with Crippen LogP contribution < -0.4 is 5.32 Å². The monoisotopic (exact) mass is 548 g/mol. The van der Waals surface area contributed by atoms with Gasteiger partial charge in [-0.2, -0.15) is 0 Å². The van der Waals surface area contributed by atoms with Gasteiger partial charge in [0.15, 0.2) is 0 Å². The first-order chi connectivity index (χ1) is 19.3. The Bertz CT molecular complexity index is 1390. The number of aromatic nitrogens is 1. The molecule has 1 N–H and O–H groups in total. The van der Waals surface area contributed by atoms with Gasteiger partial charge in [-0.25, -0.2) is 9.18 Å². The molecule has 0 spiro atoms. The molecule has 7 heteroatoms. The van der Waals surface area contributed by atoms with Crippen LogP contribution in [0.2, 0.25) is 0 Å². The van der Waals surface area contributed by atoms with Crippen molar-refractivity contribution in [3.05, 3.63) is 88.6 Å². The Hall–Kier alpha value is -3.87. The van der Waals surface area contributed by atoms with Crippen molar-refractivity contribution < 1.29 is 16.8 Å². The Morgan fingerprint density at radius 1 is 1.12 bits per heavy atom. The smallest absolute Gasteiger partial charge is 0.317 e. The number of benzene rings is 2. The normalized spacial score (nSPS) is 12.9. The summed E-state index contributed by atoms with van der Waals surface area (Å²) in [4.78, 5) is 36.3. The van der Waals surface area contributed by atoms with Crippen molar-refractivity contribution in [3.8, 4) is 0 Å². The number of aryl methyl sites for hydroxylation is 1. The molecule has 216 valence electrons. The van der Waals surface area contributed by atoms with E-state index in [1.165, 1.54) is 11.6 Å². The molecule has 0 saturated heterocycles. The lowest BCUT2D eigenvalue weighted by Crippen LogP contribution is -2.43. The van der Waals surface area contributed by atoms with E-state index in [9.17, 15) is 14.0 Å². The minimum atomic E-state index is -0.285. The third-order valence-corrected chi connectivity index (χ3v) is 7.14. The first kappa shape index (κ1) is 30.7. The van der Waals surface area contributed by atoms with Gasteiger partial charge in [0.05, 0.1) is 0 Å². The van der Waals surface area contributed by atoms with Crippen LogP contribution in [0.15, 0.2) is 65.4 Å². The fraction of sp³-hybridized carbons (Fsp3) is 0.394. The number of hydrogen-bond acceptors (Lipinski definition) is 4. The van der Waals surface area contributed by atoms with Gasteiger partial charge < -0.3 is 10.2 Å². The second-order valence-electron chi connectivity index (χ2n) is 10.0. The SMILES string of the molecule is CC.Cc1ccc2cnc(CC(=O)CCC[C@H](CC3=CCC=N3)N(C)C(=O)NCc3cccc(F)c3C)cc2c1.[HH].[HH]. The summed E-state index contributed by atoms with van der Waals surface area (Å²) in [7, 11) is 1.76. The number of rotatable bonds is 11. The van der Waals surface area contributed by atoms with Crippen molar-refractivity contribution in [2.24, 2.45) is 4.99 Å². The molecule has 0 fully saturated rings. The average molecular weight is 549 g/mol. The topological polar surface area (TPSA) is 74.7 Å². The van der Waals surface area contributed by atoms with Gasteiger partial charge in [0, 0.05) is 77.4 Å². The highest BCUT2D eigenvalue weighted by Gasteiger charge is 2.22. The Morgan fingerprint density at radius 3 is 2.67 bits per heavy atom. The van der Waals surface area contributed by atoms with E-state index in [0.29, 0.717) is 37.7 Å². The van der Waals surface area contributed by atoms with Crippen molar-refractivity contribution in [1.29, 1.82) is 0 Å². The maximum Gasteiger partial charge on any atom is 0.317 e. The number of halogens is 1. The zero-order chi connectivity index (χ0) is 29.1. The number of ketones is 1. The van der Waals surface area contributed by atoms with Crippen molar-refractivity contribution in [3.63, 3.8) is 0 Å². The molecule has 0 unspecified atom stereocenters. The summed E-state index contributed by atoms with van der Waals surface area (Å²) < 4.78 is 13.9. The molecule has 1 aliphatic rings. The first-order valence-corrected chi connectivity index (χ1v) is 14.1. The highest BCUT2D eigenvalue weighted by atomic mass is 19.1. The number of carbonyl (C=O) groups excluding carboxylic acids is 2. The van der Waals surface area contributed by atoms with Gasteiger partial charge in [-0.15, -0.1) is 0 Å². The molecular weight excluding hydrogens is 503 g/mol. The summed E-state index contributed by atoms with van der Waals surface area (Å²) in [5.74, 6) is -0.150. The van der Waals surface area contributed by atoms with Crippen LogP contribution in [0.4, 0.5) is 9.18 Å². The summed E-state index contributed by atoms with van der Waals surface area (Å²) in [6, 6.07) is 12.7. The second kappa shape index (κ2) is 15.1. The van der Waals surface area contributed by atoms with Crippen LogP contribution in [0.3, 0.4) is 0 Å². The number of amides is 2. The lowest BCUT2D eigenvalue weighted by atomic mass is 10.00. The molecule has 0 saturated carbocycles. The summed E-state index contributed by atoms with van der Waals surface area (Å²) in [6.07, 6.45) is 9.22. The van der Waals surface area contributed by atoms with Gasteiger partial charge >= 0.3 is 6.03 Å². The molecule has 40 heavy (non-hydrogen) atoms. The van der Waals surface area contributed by atoms with Crippen LogP contribution in [0.5, 0.6) is 0 Å². The number of hydrogen-bond donors (Lipinski definition) is 1. The van der Waals surface area contributed by atoms with Crippen LogP contribution >= 0.6 is 0 Å². The van der Waals surface area contributed by atoms with Crippen LogP contribution in [-0.2, 0) is 17.8 Å². The zero-order valence-electron chi connectivity index (χ0n) is 24.3. The minimum absolute atomic E-state index is 0. The first-order valence-electron chi connectivity index (χ1n) is 14.1. The lowest BCUT2D eigenvalue weighted by molar-refractivity contribution is -0.118. The standard InChI is InChI=1S/C31H35FN4O2.C2H6.2H2/c1-21-12-13-24-20-34-27(16-25(24)15-21)18-29(37)10-5-9-28(17-26-8-6-14-33-26)36(3)31(38)35-19-23-7-4-11-30(32)22(23)2;1-2;;/h4,7-8,11-16,20,28H,5-6,9-10,17-19H2,1-3H3,(H,35,38);1-2H3;2*1H/t28-;;;/m1.../s1. The molecule has 3 aromatic rings. The molecule has 1 aromatic heterocycles. The Morgan fingerprint density at radius 2 is 1.93 bits per heavy atom. The number of nitrogens with zero attached hydrogens (tertiary/aromatic N) is 3. The predicted molar refractivity (Wildman–Crippen MR) is 165 cm³/mol. The number of Topliss-reactive ketones (excluding diaryl/α,β-unsaturated/α-hetero) is 1. The number of urea groups is 1. The van der Waals surface area contributed by atoms with Crippen LogP contribution in [-0.4, -0.2) is 41.0 Å². The van der Waals surface area contributed by atoms with Gasteiger partial charge in [-0.1, -0.05) is 55.8 Å². The van der Waals surface area contributed by atoms with E-state index in [1.807, 2.05) is 51.4 Å². The lowest BCUT2D eigenvalue weighted by Gasteiger charge is -2.28. The molecular formula is C33H45FN4O2.